The molecule has 324 valence electrons. The number of unbranched alkanes of at least 4 members (excludes halogenated alkanes) is 29. The lowest BCUT2D eigenvalue weighted by molar-refractivity contribution is -0.143. The summed E-state index contributed by atoms with van der Waals surface area (Å²) in [5.41, 5.74) is 0. The minimum absolute atomic E-state index is 0.0459. The fourth-order valence-electron chi connectivity index (χ4n) is 7.22. The lowest BCUT2D eigenvalue weighted by atomic mass is 10.0. The predicted molar refractivity (Wildman–Crippen MR) is 236 cm³/mol. The SMILES string of the molecule is CCCCC/C=C\CCCCCCCC(=O)OCCCCCC/C=C\CCCC(=O)NC(CO)C(O)CCCCCCCCCCCCCCCCCCC. The molecule has 2 unspecified atom stereocenters. The van der Waals surface area contributed by atoms with Crippen LogP contribution in [0.15, 0.2) is 24.3 Å². The molecule has 0 aliphatic heterocycles. The van der Waals surface area contributed by atoms with Crippen molar-refractivity contribution in [1.82, 2.24) is 5.32 Å². The number of esters is 1. The summed E-state index contributed by atoms with van der Waals surface area (Å²) < 4.78 is 5.41. The molecule has 0 aromatic rings. The molecule has 55 heavy (non-hydrogen) atoms. The maximum atomic E-state index is 12.4. The first-order chi connectivity index (χ1) is 27.0. The number of aliphatic hydroxyl groups is 2. The molecule has 1 amide bonds. The highest BCUT2D eigenvalue weighted by atomic mass is 16.5. The van der Waals surface area contributed by atoms with Crippen molar-refractivity contribution in [2.24, 2.45) is 0 Å². The summed E-state index contributed by atoms with van der Waals surface area (Å²) in [5, 5.41) is 23.2. The zero-order valence-electron chi connectivity index (χ0n) is 36.7. The number of ether oxygens (including phenoxy) is 1. The lowest BCUT2D eigenvalue weighted by Crippen LogP contribution is -2.45. The number of amides is 1. The van der Waals surface area contributed by atoms with Crippen molar-refractivity contribution in [2.75, 3.05) is 13.2 Å². The van der Waals surface area contributed by atoms with E-state index in [0.717, 1.165) is 70.6 Å². The third-order valence-electron chi connectivity index (χ3n) is 11.0. The molecule has 0 saturated heterocycles. The smallest absolute Gasteiger partial charge is 0.305 e. The van der Waals surface area contributed by atoms with Gasteiger partial charge in [0.15, 0.2) is 0 Å². The molecule has 0 spiro atoms. The molecule has 6 nitrogen and oxygen atoms in total. The molecule has 2 atom stereocenters. The minimum Gasteiger partial charge on any atom is -0.466 e. The van der Waals surface area contributed by atoms with Crippen LogP contribution in [0.2, 0.25) is 0 Å². The summed E-state index contributed by atoms with van der Waals surface area (Å²) in [6.07, 6.45) is 51.4. The Hall–Kier alpha value is -1.66. The standard InChI is InChI=1S/C49H93NO5/c1-3-5-7-9-11-13-15-17-18-19-20-21-22-25-29-33-37-41-47(52)46(45-51)50-48(53)42-38-34-30-26-24-28-32-36-40-44-55-49(54)43-39-35-31-27-23-16-14-12-10-8-6-4-2/h12,14,26,30,46-47,51-52H,3-11,13,15-25,27-29,31-45H2,1-2H3,(H,50,53)/b14-12-,30-26-. The van der Waals surface area contributed by atoms with Gasteiger partial charge in [-0.2, -0.15) is 0 Å². The molecule has 0 saturated carbocycles. The van der Waals surface area contributed by atoms with Gasteiger partial charge in [-0.1, -0.05) is 192 Å². The van der Waals surface area contributed by atoms with E-state index in [1.165, 1.54) is 148 Å². The van der Waals surface area contributed by atoms with Gasteiger partial charge in [0.2, 0.25) is 5.91 Å². The van der Waals surface area contributed by atoms with Crippen molar-refractivity contribution in [2.45, 2.75) is 264 Å². The van der Waals surface area contributed by atoms with Crippen molar-refractivity contribution in [3.05, 3.63) is 24.3 Å². The van der Waals surface area contributed by atoms with Crippen molar-refractivity contribution in [1.29, 1.82) is 0 Å². The number of carbonyl (C=O) groups is 2. The second-order valence-corrected chi connectivity index (χ2v) is 16.4. The molecule has 0 aromatic carbocycles. The predicted octanol–water partition coefficient (Wildman–Crippen LogP) is 14.0. The minimum atomic E-state index is -0.695. The van der Waals surface area contributed by atoms with Crippen LogP contribution in [0.25, 0.3) is 0 Å². The summed E-state index contributed by atoms with van der Waals surface area (Å²) in [5.74, 6) is -0.142. The molecule has 0 radical (unpaired) electrons. The van der Waals surface area contributed by atoms with Gasteiger partial charge >= 0.3 is 5.97 Å². The van der Waals surface area contributed by atoms with Crippen LogP contribution in [-0.2, 0) is 14.3 Å². The first-order valence-electron chi connectivity index (χ1n) is 24.1. The van der Waals surface area contributed by atoms with E-state index < -0.39 is 12.1 Å². The summed E-state index contributed by atoms with van der Waals surface area (Å²) >= 11 is 0. The molecular formula is C49H93NO5. The largest absolute Gasteiger partial charge is 0.466 e. The Morgan fingerprint density at radius 2 is 0.873 bits per heavy atom. The molecule has 0 aromatic heterocycles. The van der Waals surface area contributed by atoms with Gasteiger partial charge < -0.3 is 20.3 Å². The Labute approximate surface area is 341 Å². The number of aliphatic hydroxyl groups excluding tert-OH is 2. The summed E-state index contributed by atoms with van der Waals surface area (Å²) in [6, 6.07) is -0.579. The third kappa shape index (κ3) is 41.8. The number of nitrogens with one attached hydrogen (secondary N) is 1. The normalized spacial score (nSPS) is 12.9. The Morgan fingerprint density at radius 3 is 1.36 bits per heavy atom. The highest BCUT2D eigenvalue weighted by molar-refractivity contribution is 5.76. The Morgan fingerprint density at radius 1 is 0.491 bits per heavy atom. The van der Waals surface area contributed by atoms with E-state index in [4.69, 9.17) is 4.74 Å². The van der Waals surface area contributed by atoms with E-state index in [2.05, 4.69) is 43.5 Å². The zero-order valence-corrected chi connectivity index (χ0v) is 36.7. The first kappa shape index (κ1) is 53.3. The second-order valence-electron chi connectivity index (χ2n) is 16.4. The molecule has 0 aliphatic rings. The maximum Gasteiger partial charge on any atom is 0.305 e. The highest BCUT2D eigenvalue weighted by Crippen LogP contribution is 2.16. The Bertz CT molecular complexity index is 858. The molecule has 0 heterocycles. The van der Waals surface area contributed by atoms with Crippen LogP contribution in [0, 0.1) is 0 Å². The van der Waals surface area contributed by atoms with Crippen molar-refractivity contribution >= 4 is 11.9 Å². The first-order valence-corrected chi connectivity index (χ1v) is 24.1. The molecule has 6 heteroatoms. The summed E-state index contributed by atoms with van der Waals surface area (Å²) in [6.45, 7) is 4.83. The number of rotatable bonds is 44. The van der Waals surface area contributed by atoms with Gasteiger partial charge in [0, 0.05) is 12.8 Å². The van der Waals surface area contributed by atoms with E-state index in [9.17, 15) is 19.8 Å². The van der Waals surface area contributed by atoms with Crippen LogP contribution in [0.5, 0.6) is 0 Å². The van der Waals surface area contributed by atoms with Gasteiger partial charge in [-0.3, -0.25) is 9.59 Å². The molecular weight excluding hydrogens is 683 g/mol. The van der Waals surface area contributed by atoms with Crippen molar-refractivity contribution in [3.8, 4) is 0 Å². The average molecular weight is 776 g/mol. The summed E-state index contributed by atoms with van der Waals surface area (Å²) in [4.78, 5) is 24.4. The van der Waals surface area contributed by atoms with Gasteiger partial charge in [0.05, 0.1) is 25.4 Å². The number of allylic oxidation sites excluding steroid dienone is 4. The van der Waals surface area contributed by atoms with E-state index in [-0.39, 0.29) is 18.5 Å². The van der Waals surface area contributed by atoms with Crippen LogP contribution >= 0.6 is 0 Å². The van der Waals surface area contributed by atoms with Gasteiger partial charge in [0.1, 0.15) is 0 Å². The molecule has 0 aliphatic carbocycles. The average Bonchev–Trinajstić information content (AvgIpc) is 3.18. The zero-order chi connectivity index (χ0) is 40.1. The van der Waals surface area contributed by atoms with Crippen LogP contribution in [0.4, 0.5) is 0 Å². The van der Waals surface area contributed by atoms with E-state index >= 15 is 0 Å². The quantitative estimate of drug-likeness (QED) is 0.0325. The van der Waals surface area contributed by atoms with Gasteiger partial charge in [-0.15, -0.1) is 0 Å². The Kier molecular flexibility index (Phi) is 43.7. The van der Waals surface area contributed by atoms with Gasteiger partial charge in [-0.05, 0) is 70.6 Å². The highest BCUT2D eigenvalue weighted by Gasteiger charge is 2.20. The van der Waals surface area contributed by atoms with Crippen LogP contribution in [0.1, 0.15) is 251 Å². The van der Waals surface area contributed by atoms with Crippen molar-refractivity contribution in [3.63, 3.8) is 0 Å². The van der Waals surface area contributed by atoms with Crippen LogP contribution < -0.4 is 5.32 Å². The van der Waals surface area contributed by atoms with Crippen LogP contribution in [-0.4, -0.2) is 47.4 Å². The summed E-state index contributed by atoms with van der Waals surface area (Å²) in [7, 11) is 0. The molecule has 0 bridgehead atoms. The molecule has 0 rings (SSSR count). The fraction of sp³-hybridized carbons (Fsp3) is 0.878. The monoisotopic (exact) mass is 776 g/mol. The fourth-order valence-corrected chi connectivity index (χ4v) is 7.22. The van der Waals surface area contributed by atoms with E-state index in [1.54, 1.807) is 0 Å². The molecule has 3 N–H and O–H groups in total. The van der Waals surface area contributed by atoms with Crippen LogP contribution in [0.3, 0.4) is 0 Å². The van der Waals surface area contributed by atoms with E-state index in [1.807, 2.05) is 0 Å². The second kappa shape index (κ2) is 45.0. The van der Waals surface area contributed by atoms with Crippen molar-refractivity contribution < 1.29 is 24.5 Å². The maximum absolute atomic E-state index is 12.4. The third-order valence-corrected chi connectivity index (χ3v) is 11.0. The van der Waals surface area contributed by atoms with E-state index in [0.29, 0.717) is 25.9 Å². The number of hydrogen-bond donors (Lipinski definition) is 3. The topological polar surface area (TPSA) is 95.9 Å². The number of hydrogen-bond acceptors (Lipinski definition) is 5. The lowest BCUT2D eigenvalue weighted by Gasteiger charge is -2.22. The molecule has 0 fully saturated rings. The van der Waals surface area contributed by atoms with Gasteiger partial charge in [-0.25, -0.2) is 0 Å². The Balaban J connectivity index is 3.56. The number of carbonyl (C=O) groups excluding carboxylic acids is 2. The van der Waals surface area contributed by atoms with Gasteiger partial charge in [0.25, 0.3) is 0 Å².